The molecule has 1 N–H and O–H groups in total. The Morgan fingerprint density at radius 1 is 0.929 bits per heavy atom. The largest absolute Gasteiger partial charge is 0.378 e. The van der Waals surface area contributed by atoms with Gasteiger partial charge in [-0.2, -0.15) is 0 Å². The van der Waals surface area contributed by atoms with E-state index in [1.54, 1.807) is 24.3 Å². The van der Waals surface area contributed by atoms with Crippen molar-refractivity contribution in [3.63, 3.8) is 0 Å². The fraction of sp³-hybridized carbons (Fsp3) is 0.435. The maximum atomic E-state index is 13.4. The van der Waals surface area contributed by atoms with E-state index in [1.165, 1.54) is 31.2 Å². The highest BCUT2D eigenvalue weighted by Crippen LogP contribution is 2.34. The minimum atomic E-state index is -0.846. The summed E-state index contributed by atoms with van der Waals surface area (Å²) in [7, 11) is 0. The number of ketones is 1. The van der Waals surface area contributed by atoms with Crippen LogP contribution in [0.15, 0.2) is 48.5 Å². The van der Waals surface area contributed by atoms with Crippen LogP contribution in [0.5, 0.6) is 0 Å². The predicted molar refractivity (Wildman–Crippen MR) is 105 cm³/mol. The number of aliphatic hydroxyl groups excluding tert-OH is 1. The van der Waals surface area contributed by atoms with Gasteiger partial charge in [-0.3, -0.25) is 9.69 Å². The molecule has 2 atom stereocenters. The van der Waals surface area contributed by atoms with Gasteiger partial charge in [-0.05, 0) is 61.6 Å². The quantitative estimate of drug-likeness (QED) is 0.761. The molecule has 2 aromatic carbocycles. The summed E-state index contributed by atoms with van der Waals surface area (Å²) in [6.07, 6.45) is 2.70. The Balaban J connectivity index is 1.90. The molecule has 1 aliphatic heterocycles. The molecule has 3 nitrogen and oxygen atoms in total. The molecule has 3 rings (SSSR count). The molecule has 0 aliphatic carbocycles. The number of hydrogen-bond acceptors (Lipinski definition) is 3. The molecule has 0 amide bonds. The van der Waals surface area contributed by atoms with Gasteiger partial charge < -0.3 is 5.11 Å². The molecule has 150 valence electrons. The molecular weight excluding hydrogens is 360 g/mol. The second kappa shape index (κ2) is 9.39. The van der Waals surface area contributed by atoms with Crippen LogP contribution in [0, 0.1) is 17.6 Å². The minimum absolute atomic E-state index is 0.0766. The number of halogens is 2. The maximum Gasteiger partial charge on any atom is 0.136 e. The molecule has 28 heavy (non-hydrogen) atoms. The highest BCUT2D eigenvalue weighted by Gasteiger charge is 2.33. The van der Waals surface area contributed by atoms with Gasteiger partial charge in [-0.25, -0.2) is 8.78 Å². The summed E-state index contributed by atoms with van der Waals surface area (Å²) in [6.45, 7) is 3.07. The second-order valence-electron chi connectivity index (χ2n) is 7.62. The molecule has 5 heteroatoms. The molecule has 1 heterocycles. The first-order chi connectivity index (χ1) is 13.5. The van der Waals surface area contributed by atoms with E-state index in [1.807, 2.05) is 4.90 Å². The number of benzene rings is 2. The van der Waals surface area contributed by atoms with Crippen LogP contribution in [0.3, 0.4) is 0 Å². The van der Waals surface area contributed by atoms with Crippen molar-refractivity contribution >= 4 is 5.78 Å². The van der Waals surface area contributed by atoms with Gasteiger partial charge in [0.1, 0.15) is 23.6 Å². The van der Waals surface area contributed by atoms with Gasteiger partial charge in [0.25, 0.3) is 0 Å². The van der Waals surface area contributed by atoms with E-state index in [9.17, 15) is 18.7 Å². The predicted octanol–water partition coefficient (Wildman–Crippen LogP) is 4.50. The Bertz CT molecular complexity index is 725. The Kier molecular flexibility index (Phi) is 6.92. The fourth-order valence-electron chi connectivity index (χ4n) is 4.04. The lowest BCUT2D eigenvalue weighted by Crippen LogP contribution is -2.46. The topological polar surface area (TPSA) is 40.5 Å². The summed E-state index contributed by atoms with van der Waals surface area (Å²) >= 11 is 0. The number of likely N-dealkylation sites (tertiary alicyclic amines) is 1. The molecule has 0 radical (unpaired) electrons. The number of Topliss-reactive ketones (excluding diaryl/α,β-unsaturated/α-hetero) is 1. The number of piperidine rings is 1. The molecule has 1 saturated heterocycles. The van der Waals surface area contributed by atoms with Gasteiger partial charge in [0.05, 0.1) is 5.92 Å². The first kappa shape index (κ1) is 20.6. The van der Waals surface area contributed by atoms with Crippen LogP contribution >= 0.6 is 0 Å². The summed E-state index contributed by atoms with van der Waals surface area (Å²) < 4.78 is 26.8. The van der Waals surface area contributed by atoms with E-state index < -0.39 is 12.1 Å². The maximum absolute atomic E-state index is 13.4. The summed E-state index contributed by atoms with van der Waals surface area (Å²) in [5, 5.41) is 10.9. The SMILES string of the molecule is CC(=O)C(CC(c1ccc(F)cc1)c1ccc(F)cc1)C(O)N1CCCCC1. The lowest BCUT2D eigenvalue weighted by molar-refractivity contribution is -0.132. The average molecular weight is 387 g/mol. The number of aliphatic hydroxyl groups is 1. The first-order valence-electron chi connectivity index (χ1n) is 9.89. The monoisotopic (exact) mass is 387 g/mol. The van der Waals surface area contributed by atoms with Crippen LogP contribution in [-0.2, 0) is 4.79 Å². The van der Waals surface area contributed by atoms with Crippen molar-refractivity contribution in [1.82, 2.24) is 4.90 Å². The van der Waals surface area contributed by atoms with E-state index in [2.05, 4.69) is 0 Å². The van der Waals surface area contributed by atoms with Crippen molar-refractivity contribution in [2.24, 2.45) is 5.92 Å². The Labute approximate surface area is 165 Å². The van der Waals surface area contributed by atoms with Gasteiger partial charge in [0.15, 0.2) is 0 Å². The van der Waals surface area contributed by atoms with Crippen molar-refractivity contribution in [2.75, 3.05) is 13.1 Å². The van der Waals surface area contributed by atoms with E-state index >= 15 is 0 Å². The molecule has 0 spiro atoms. The van der Waals surface area contributed by atoms with Gasteiger partial charge in [-0.15, -0.1) is 0 Å². The average Bonchev–Trinajstić information content (AvgIpc) is 2.70. The summed E-state index contributed by atoms with van der Waals surface area (Å²) in [5.41, 5.74) is 1.68. The lowest BCUT2D eigenvalue weighted by Gasteiger charge is -2.36. The van der Waals surface area contributed by atoms with Crippen LogP contribution < -0.4 is 0 Å². The summed E-state index contributed by atoms with van der Waals surface area (Å²) in [5.74, 6) is -1.56. The zero-order valence-electron chi connectivity index (χ0n) is 16.2. The second-order valence-corrected chi connectivity index (χ2v) is 7.62. The Hall–Kier alpha value is -2.11. The van der Waals surface area contributed by atoms with Crippen LogP contribution in [0.1, 0.15) is 49.7 Å². The highest BCUT2D eigenvalue weighted by molar-refractivity contribution is 5.79. The molecule has 2 unspecified atom stereocenters. The normalized spacial score (nSPS) is 17.5. The molecule has 0 saturated carbocycles. The Morgan fingerprint density at radius 3 is 1.82 bits per heavy atom. The van der Waals surface area contributed by atoms with Crippen LogP contribution in [0.25, 0.3) is 0 Å². The van der Waals surface area contributed by atoms with Gasteiger partial charge in [-0.1, -0.05) is 30.7 Å². The van der Waals surface area contributed by atoms with E-state index in [0.717, 1.165) is 43.5 Å². The molecule has 1 fully saturated rings. The van der Waals surface area contributed by atoms with E-state index in [-0.39, 0.29) is 23.3 Å². The van der Waals surface area contributed by atoms with Gasteiger partial charge in [0, 0.05) is 19.0 Å². The van der Waals surface area contributed by atoms with E-state index in [0.29, 0.717) is 6.42 Å². The lowest BCUT2D eigenvalue weighted by atomic mass is 9.81. The number of carbonyl (C=O) groups excluding carboxylic acids is 1. The molecular formula is C23H27F2NO2. The van der Waals surface area contributed by atoms with E-state index in [4.69, 9.17) is 0 Å². The zero-order valence-corrected chi connectivity index (χ0v) is 16.2. The number of nitrogens with zero attached hydrogens (tertiary/aromatic N) is 1. The summed E-state index contributed by atoms with van der Waals surface area (Å²) in [4.78, 5) is 14.4. The number of rotatable bonds is 7. The van der Waals surface area contributed by atoms with Crippen LogP contribution in [0.4, 0.5) is 8.78 Å². The molecule has 2 aromatic rings. The summed E-state index contributed by atoms with van der Waals surface area (Å²) in [6, 6.07) is 12.3. The highest BCUT2D eigenvalue weighted by atomic mass is 19.1. The number of hydrogen-bond donors (Lipinski definition) is 1. The zero-order chi connectivity index (χ0) is 20.1. The Morgan fingerprint density at radius 2 is 1.39 bits per heavy atom. The standard InChI is InChI=1S/C23H27F2NO2/c1-16(27)21(23(28)26-13-3-2-4-14-26)15-22(17-5-9-19(24)10-6-17)18-7-11-20(25)12-8-18/h5-12,21-23,28H,2-4,13-15H2,1H3. The van der Waals surface area contributed by atoms with Crippen molar-refractivity contribution in [3.8, 4) is 0 Å². The van der Waals surface area contributed by atoms with Crippen LogP contribution in [-0.4, -0.2) is 35.1 Å². The smallest absolute Gasteiger partial charge is 0.136 e. The van der Waals surface area contributed by atoms with Gasteiger partial charge in [0.2, 0.25) is 0 Å². The van der Waals surface area contributed by atoms with Crippen molar-refractivity contribution in [2.45, 2.75) is 44.8 Å². The number of carbonyl (C=O) groups is 1. The molecule has 1 aliphatic rings. The van der Waals surface area contributed by atoms with Gasteiger partial charge >= 0.3 is 0 Å². The first-order valence-corrected chi connectivity index (χ1v) is 9.89. The third-order valence-corrected chi connectivity index (χ3v) is 5.68. The molecule has 0 aromatic heterocycles. The van der Waals surface area contributed by atoms with Crippen molar-refractivity contribution in [3.05, 3.63) is 71.3 Å². The van der Waals surface area contributed by atoms with Crippen LogP contribution in [0.2, 0.25) is 0 Å². The third-order valence-electron chi connectivity index (χ3n) is 5.68. The molecule has 0 bridgehead atoms. The third kappa shape index (κ3) is 5.03. The fourth-order valence-corrected chi connectivity index (χ4v) is 4.04. The van der Waals surface area contributed by atoms with Crippen molar-refractivity contribution in [1.29, 1.82) is 0 Å². The minimum Gasteiger partial charge on any atom is -0.378 e. The van der Waals surface area contributed by atoms with Crippen molar-refractivity contribution < 1.29 is 18.7 Å².